The first-order valence-corrected chi connectivity index (χ1v) is 8.71. The van der Waals surface area contributed by atoms with Crippen molar-refractivity contribution < 1.29 is 8.78 Å². The van der Waals surface area contributed by atoms with E-state index in [2.05, 4.69) is 30.3 Å². The summed E-state index contributed by atoms with van der Waals surface area (Å²) in [6, 6.07) is 25.9. The molecule has 0 aliphatic carbocycles. The molecule has 0 radical (unpaired) electrons. The SMILES string of the molecule is Fc1ccc(-c2ccc(CCc3ccc4ccccc4c3)cc2F)cc1. The summed E-state index contributed by atoms with van der Waals surface area (Å²) in [7, 11) is 0. The first-order valence-electron chi connectivity index (χ1n) is 8.71. The summed E-state index contributed by atoms with van der Waals surface area (Å²) in [4.78, 5) is 0. The van der Waals surface area contributed by atoms with Gasteiger partial charge in [-0.05, 0) is 58.5 Å². The van der Waals surface area contributed by atoms with E-state index in [0.29, 0.717) is 11.1 Å². The topological polar surface area (TPSA) is 0 Å². The van der Waals surface area contributed by atoms with Crippen LogP contribution >= 0.6 is 0 Å². The highest BCUT2D eigenvalue weighted by atomic mass is 19.1. The Kier molecular flexibility index (Phi) is 4.49. The number of hydrogen-bond acceptors (Lipinski definition) is 0. The summed E-state index contributed by atoms with van der Waals surface area (Å²) in [5.41, 5.74) is 3.39. The lowest BCUT2D eigenvalue weighted by Gasteiger charge is -2.08. The number of benzene rings is 4. The van der Waals surface area contributed by atoms with E-state index in [9.17, 15) is 8.78 Å². The minimum absolute atomic E-state index is 0.271. The van der Waals surface area contributed by atoms with Crippen molar-refractivity contribution >= 4 is 10.8 Å². The third kappa shape index (κ3) is 3.50. The average molecular weight is 344 g/mol. The zero-order valence-corrected chi connectivity index (χ0v) is 14.3. The second-order valence-corrected chi connectivity index (χ2v) is 6.50. The fraction of sp³-hybridized carbons (Fsp3) is 0.0833. The first kappa shape index (κ1) is 16.5. The average Bonchev–Trinajstić information content (AvgIpc) is 2.67. The Morgan fingerprint density at radius 2 is 1.23 bits per heavy atom. The maximum absolute atomic E-state index is 14.5. The Labute approximate surface area is 151 Å². The summed E-state index contributed by atoms with van der Waals surface area (Å²) in [6.07, 6.45) is 1.64. The summed E-state index contributed by atoms with van der Waals surface area (Å²) >= 11 is 0. The molecule has 0 bridgehead atoms. The fourth-order valence-corrected chi connectivity index (χ4v) is 3.26. The van der Waals surface area contributed by atoms with Crippen molar-refractivity contribution in [2.45, 2.75) is 12.8 Å². The number of halogens is 2. The van der Waals surface area contributed by atoms with Gasteiger partial charge in [0.25, 0.3) is 0 Å². The Hall–Kier alpha value is -3.00. The quantitative estimate of drug-likeness (QED) is 0.393. The van der Waals surface area contributed by atoms with Crippen LogP contribution in [0.5, 0.6) is 0 Å². The molecule has 4 aromatic carbocycles. The zero-order chi connectivity index (χ0) is 17.9. The van der Waals surface area contributed by atoms with Gasteiger partial charge in [0.1, 0.15) is 11.6 Å². The standard InChI is InChI=1S/C24H18F2/c25-22-12-10-20(11-13-22)23-14-8-18(16-24(23)26)6-5-17-7-9-19-3-1-2-4-21(19)15-17/h1-4,7-16H,5-6H2. The minimum atomic E-state index is -0.318. The smallest absolute Gasteiger partial charge is 0.131 e. The predicted octanol–water partition coefficient (Wildman–Crippen LogP) is 6.57. The zero-order valence-electron chi connectivity index (χ0n) is 14.3. The molecule has 0 fully saturated rings. The Morgan fingerprint density at radius 1 is 0.577 bits per heavy atom. The molecule has 0 aliphatic heterocycles. The van der Waals surface area contributed by atoms with Crippen LogP contribution in [-0.4, -0.2) is 0 Å². The molecular formula is C24H18F2. The van der Waals surface area contributed by atoms with Crippen LogP contribution in [0.4, 0.5) is 8.78 Å². The van der Waals surface area contributed by atoms with E-state index in [1.54, 1.807) is 24.3 Å². The van der Waals surface area contributed by atoms with E-state index < -0.39 is 0 Å². The van der Waals surface area contributed by atoms with Crippen LogP contribution in [0.2, 0.25) is 0 Å². The van der Waals surface area contributed by atoms with Crippen molar-refractivity contribution in [3.05, 3.63) is 108 Å². The Bertz CT molecular complexity index is 1050. The summed E-state index contributed by atoms with van der Waals surface area (Å²) in [5.74, 6) is -0.589. The largest absolute Gasteiger partial charge is 0.207 e. The maximum Gasteiger partial charge on any atom is 0.131 e. The van der Waals surface area contributed by atoms with Crippen molar-refractivity contribution in [2.24, 2.45) is 0 Å². The molecule has 0 aromatic heterocycles. The molecule has 0 saturated heterocycles. The highest BCUT2D eigenvalue weighted by Crippen LogP contribution is 2.25. The molecule has 0 aliphatic rings. The van der Waals surface area contributed by atoms with E-state index in [-0.39, 0.29) is 11.6 Å². The molecule has 0 N–H and O–H groups in total. The van der Waals surface area contributed by atoms with Crippen molar-refractivity contribution in [1.82, 2.24) is 0 Å². The van der Waals surface area contributed by atoms with Gasteiger partial charge in [0.05, 0.1) is 0 Å². The van der Waals surface area contributed by atoms with Crippen LogP contribution in [0.25, 0.3) is 21.9 Å². The Balaban J connectivity index is 1.51. The normalized spacial score (nSPS) is 11.0. The van der Waals surface area contributed by atoms with Crippen LogP contribution in [0.3, 0.4) is 0 Å². The monoisotopic (exact) mass is 344 g/mol. The Morgan fingerprint density at radius 3 is 1.96 bits per heavy atom. The fourth-order valence-electron chi connectivity index (χ4n) is 3.26. The predicted molar refractivity (Wildman–Crippen MR) is 103 cm³/mol. The van der Waals surface area contributed by atoms with Gasteiger partial charge >= 0.3 is 0 Å². The first-order chi connectivity index (χ1) is 12.7. The molecule has 128 valence electrons. The van der Waals surface area contributed by atoms with Crippen molar-refractivity contribution in [2.75, 3.05) is 0 Å². The highest BCUT2D eigenvalue weighted by molar-refractivity contribution is 5.83. The van der Waals surface area contributed by atoms with Gasteiger partial charge in [0, 0.05) is 5.56 Å². The molecule has 0 spiro atoms. The van der Waals surface area contributed by atoms with Gasteiger partial charge in [-0.3, -0.25) is 0 Å². The van der Waals surface area contributed by atoms with Gasteiger partial charge in [0.15, 0.2) is 0 Å². The lowest BCUT2D eigenvalue weighted by atomic mass is 9.98. The van der Waals surface area contributed by atoms with Crippen LogP contribution in [0.15, 0.2) is 84.9 Å². The molecular weight excluding hydrogens is 326 g/mol. The number of hydrogen-bond donors (Lipinski definition) is 0. The van der Waals surface area contributed by atoms with E-state index in [4.69, 9.17) is 0 Å². The van der Waals surface area contributed by atoms with Gasteiger partial charge in [-0.25, -0.2) is 8.78 Å². The molecule has 4 aromatic rings. The number of fused-ring (bicyclic) bond motifs is 1. The van der Waals surface area contributed by atoms with Gasteiger partial charge in [0.2, 0.25) is 0 Å². The third-order valence-corrected chi connectivity index (χ3v) is 4.70. The van der Waals surface area contributed by atoms with Crippen molar-refractivity contribution in [3.63, 3.8) is 0 Å². The lowest BCUT2D eigenvalue weighted by Crippen LogP contribution is -1.94. The second-order valence-electron chi connectivity index (χ2n) is 6.50. The molecule has 4 rings (SSSR count). The van der Waals surface area contributed by atoms with Gasteiger partial charge in [-0.15, -0.1) is 0 Å². The number of aryl methyl sites for hydroxylation is 2. The van der Waals surface area contributed by atoms with E-state index in [1.807, 2.05) is 18.2 Å². The van der Waals surface area contributed by atoms with Crippen LogP contribution < -0.4 is 0 Å². The van der Waals surface area contributed by atoms with Crippen LogP contribution in [-0.2, 0) is 12.8 Å². The molecule has 2 heteroatoms. The minimum Gasteiger partial charge on any atom is -0.207 e. The molecule has 0 amide bonds. The molecule has 0 saturated carbocycles. The molecule has 0 nitrogen and oxygen atoms in total. The third-order valence-electron chi connectivity index (χ3n) is 4.70. The van der Waals surface area contributed by atoms with E-state index in [1.165, 1.54) is 28.5 Å². The second kappa shape index (κ2) is 7.09. The lowest BCUT2D eigenvalue weighted by molar-refractivity contribution is 0.624. The van der Waals surface area contributed by atoms with E-state index in [0.717, 1.165) is 18.4 Å². The molecule has 0 atom stereocenters. The van der Waals surface area contributed by atoms with Gasteiger partial charge in [-0.1, -0.05) is 66.7 Å². The molecule has 26 heavy (non-hydrogen) atoms. The van der Waals surface area contributed by atoms with E-state index >= 15 is 0 Å². The number of rotatable bonds is 4. The summed E-state index contributed by atoms with van der Waals surface area (Å²) in [5, 5.41) is 2.45. The maximum atomic E-state index is 14.5. The van der Waals surface area contributed by atoms with Crippen LogP contribution in [0.1, 0.15) is 11.1 Å². The molecule has 0 heterocycles. The van der Waals surface area contributed by atoms with Gasteiger partial charge in [-0.2, -0.15) is 0 Å². The molecule has 0 unspecified atom stereocenters. The van der Waals surface area contributed by atoms with Gasteiger partial charge < -0.3 is 0 Å². The highest BCUT2D eigenvalue weighted by Gasteiger charge is 2.07. The summed E-state index contributed by atoms with van der Waals surface area (Å²) < 4.78 is 27.5. The van der Waals surface area contributed by atoms with Crippen LogP contribution in [0, 0.1) is 11.6 Å². The van der Waals surface area contributed by atoms with Crippen molar-refractivity contribution in [3.8, 4) is 11.1 Å². The van der Waals surface area contributed by atoms with Crippen molar-refractivity contribution in [1.29, 1.82) is 0 Å². The summed E-state index contributed by atoms with van der Waals surface area (Å²) in [6.45, 7) is 0.